The normalized spacial score (nSPS) is 10.3. The summed E-state index contributed by atoms with van der Waals surface area (Å²) in [5, 5.41) is 11.3. The van der Waals surface area contributed by atoms with E-state index < -0.39 is 0 Å². The lowest BCUT2D eigenvalue weighted by molar-refractivity contribution is 1.01. The van der Waals surface area contributed by atoms with Crippen LogP contribution in [0.25, 0.3) is 0 Å². The number of hydrogen-bond acceptors (Lipinski definition) is 4. The molecule has 0 radical (unpaired) electrons. The molecule has 2 rings (SSSR count). The minimum Gasteiger partial charge on any atom is -0.364 e. The average Bonchev–Trinajstić information content (AvgIpc) is 2.64. The van der Waals surface area contributed by atoms with Crippen LogP contribution in [-0.2, 0) is 6.54 Å². The van der Waals surface area contributed by atoms with Crippen LogP contribution in [0.2, 0.25) is 5.15 Å². The van der Waals surface area contributed by atoms with Crippen LogP contribution in [0.4, 0.5) is 5.82 Å². The zero-order valence-electron chi connectivity index (χ0n) is 8.20. The molecule has 0 atom stereocenters. The first-order chi connectivity index (χ1) is 7.24. The summed E-state index contributed by atoms with van der Waals surface area (Å²) in [5.74, 6) is 0.741. The molecule has 0 aromatic carbocycles. The van der Waals surface area contributed by atoms with Crippen LogP contribution in [0.5, 0.6) is 0 Å². The van der Waals surface area contributed by atoms with E-state index in [0.717, 1.165) is 12.4 Å². The molecule has 2 aromatic heterocycles. The molecule has 0 aliphatic carbocycles. The number of aryl methyl sites for hydroxylation is 1. The molecule has 0 saturated heterocycles. The lowest BCUT2D eigenvalue weighted by atomic mass is 10.4. The van der Waals surface area contributed by atoms with E-state index in [-0.39, 0.29) is 0 Å². The molecule has 0 saturated carbocycles. The largest absolute Gasteiger partial charge is 0.364 e. The third-order valence-corrected chi connectivity index (χ3v) is 3.07. The molecule has 0 unspecified atom stereocenters. The number of anilines is 1. The standard InChI is InChI=1S/C10H10ClN3S/c1-7-2-3-8(15-7)6-12-10-5-4-9(11)13-14-10/h2-5H,6H2,1H3,(H,12,14). The molecule has 0 aliphatic heterocycles. The summed E-state index contributed by atoms with van der Waals surface area (Å²) in [6.07, 6.45) is 0. The molecular formula is C10H10ClN3S. The Labute approximate surface area is 97.1 Å². The Hall–Kier alpha value is -1.13. The Balaban J connectivity index is 1.96. The predicted octanol–water partition coefficient (Wildman–Crippen LogP) is 3.11. The summed E-state index contributed by atoms with van der Waals surface area (Å²) in [6, 6.07) is 7.75. The van der Waals surface area contributed by atoms with E-state index in [1.54, 1.807) is 17.4 Å². The minimum absolute atomic E-state index is 0.410. The van der Waals surface area contributed by atoms with Crippen molar-refractivity contribution in [2.45, 2.75) is 13.5 Å². The predicted molar refractivity (Wildman–Crippen MR) is 63.4 cm³/mol. The van der Waals surface area contributed by atoms with E-state index in [1.807, 2.05) is 6.07 Å². The smallest absolute Gasteiger partial charge is 0.151 e. The van der Waals surface area contributed by atoms with E-state index in [1.165, 1.54) is 9.75 Å². The molecule has 0 aliphatic rings. The highest BCUT2D eigenvalue weighted by molar-refractivity contribution is 7.11. The quantitative estimate of drug-likeness (QED) is 0.895. The summed E-state index contributed by atoms with van der Waals surface area (Å²) in [6.45, 7) is 2.87. The minimum atomic E-state index is 0.410. The number of nitrogens with zero attached hydrogens (tertiary/aromatic N) is 2. The van der Waals surface area contributed by atoms with Crippen molar-refractivity contribution in [2.75, 3.05) is 5.32 Å². The second-order valence-corrected chi connectivity index (χ2v) is 4.87. The lowest BCUT2D eigenvalue weighted by Gasteiger charge is -2.01. The van der Waals surface area contributed by atoms with Gasteiger partial charge in [0, 0.05) is 9.75 Å². The zero-order chi connectivity index (χ0) is 10.7. The Morgan fingerprint density at radius 2 is 2.13 bits per heavy atom. The van der Waals surface area contributed by atoms with Crippen molar-refractivity contribution in [1.29, 1.82) is 0 Å². The third-order valence-electron chi connectivity index (χ3n) is 1.87. The van der Waals surface area contributed by atoms with Crippen LogP contribution in [0.15, 0.2) is 24.3 Å². The van der Waals surface area contributed by atoms with E-state index in [0.29, 0.717) is 5.15 Å². The second kappa shape index (κ2) is 4.59. The monoisotopic (exact) mass is 239 g/mol. The maximum atomic E-state index is 5.63. The zero-order valence-corrected chi connectivity index (χ0v) is 9.77. The van der Waals surface area contributed by atoms with Gasteiger partial charge in [0.15, 0.2) is 5.15 Å². The van der Waals surface area contributed by atoms with E-state index in [2.05, 4.69) is 34.6 Å². The molecule has 3 nitrogen and oxygen atoms in total. The van der Waals surface area contributed by atoms with E-state index in [4.69, 9.17) is 11.6 Å². The lowest BCUT2D eigenvalue weighted by Crippen LogP contribution is -2.00. The van der Waals surface area contributed by atoms with Gasteiger partial charge in [0.05, 0.1) is 6.54 Å². The van der Waals surface area contributed by atoms with Gasteiger partial charge in [-0.1, -0.05) is 11.6 Å². The van der Waals surface area contributed by atoms with Crippen LogP contribution in [-0.4, -0.2) is 10.2 Å². The molecule has 0 fully saturated rings. The van der Waals surface area contributed by atoms with Gasteiger partial charge in [0.1, 0.15) is 5.82 Å². The van der Waals surface area contributed by atoms with Crippen LogP contribution in [0, 0.1) is 6.92 Å². The van der Waals surface area contributed by atoms with Crippen molar-refractivity contribution in [3.8, 4) is 0 Å². The molecule has 0 amide bonds. The first-order valence-corrected chi connectivity index (χ1v) is 5.72. The molecule has 5 heteroatoms. The number of hydrogen-bond donors (Lipinski definition) is 1. The molecule has 0 spiro atoms. The highest BCUT2D eigenvalue weighted by atomic mass is 35.5. The molecule has 1 N–H and O–H groups in total. The van der Waals surface area contributed by atoms with Gasteiger partial charge in [-0.15, -0.1) is 21.5 Å². The van der Waals surface area contributed by atoms with Gasteiger partial charge in [0.2, 0.25) is 0 Å². The van der Waals surface area contributed by atoms with Gasteiger partial charge in [0.25, 0.3) is 0 Å². The molecule has 0 bridgehead atoms. The fourth-order valence-corrected chi connectivity index (χ4v) is 2.10. The summed E-state index contributed by atoms with van der Waals surface area (Å²) in [7, 11) is 0. The van der Waals surface area contributed by atoms with Crippen molar-refractivity contribution in [2.24, 2.45) is 0 Å². The molecule has 15 heavy (non-hydrogen) atoms. The maximum absolute atomic E-state index is 5.63. The summed E-state index contributed by atoms with van der Waals surface area (Å²) >= 11 is 7.41. The van der Waals surface area contributed by atoms with Gasteiger partial charge < -0.3 is 5.32 Å². The first kappa shape index (κ1) is 10.4. The highest BCUT2D eigenvalue weighted by Gasteiger charge is 1.98. The fraction of sp³-hybridized carbons (Fsp3) is 0.200. The fourth-order valence-electron chi connectivity index (χ4n) is 1.17. The summed E-state index contributed by atoms with van der Waals surface area (Å²) in [5.41, 5.74) is 0. The second-order valence-electron chi connectivity index (χ2n) is 3.11. The maximum Gasteiger partial charge on any atom is 0.151 e. The summed E-state index contributed by atoms with van der Waals surface area (Å²) < 4.78 is 0. The SMILES string of the molecule is Cc1ccc(CNc2ccc(Cl)nn2)s1. The Morgan fingerprint density at radius 1 is 1.27 bits per heavy atom. The van der Waals surface area contributed by atoms with Crippen molar-refractivity contribution in [3.63, 3.8) is 0 Å². The van der Waals surface area contributed by atoms with Gasteiger partial charge in [-0.3, -0.25) is 0 Å². The number of thiophene rings is 1. The van der Waals surface area contributed by atoms with Crippen molar-refractivity contribution in [3.05, 3.63) is 39.2 Å². The topological polar surface area (TPSA) is 37.8 Å². The number of halogens is 1. The van der Waals surface area contributed by atoms with Crippen molar-refractivity contribution >= 4 is 28.8 Å². The van der Waals surface area contributed by atoms with Gasteiger partial charge in [-0.05, 0) is 31.2 Å². The van der Waals surface area contributed by atoms with Crippen molar-refractivity contribution in [1.82, 2.24) is 10.2 Å². The molecule has 78 valence electrons. The van der Waals surface area contributed by atoms with Gasteiger partial charge >= 0.3 is 0 Å². The molecule has 2 aromatic rings. The Morgan fingerprint density at radius 3 is 2.73 bits per heavy atom. The van der Waals surface area contributed by atoms with E-state index in [9.17, 15) is 0 Å². The summed E-state index contributed by atoms with van der Waals surface area (Å²) in [4.78, 5) is 2.60. The van der Waals surface area contributed by atoms with Crippen LogP contribution < -0.4 is 5.32 Å². The number of rotatable bonds is 3. The highest BCUT2D eigenvalue weighted by Crippen LogP contribution is 2.16. The van der Waals surface area contributed by atoms with Crippen LogP contribution in [0.1, 0.15) is 9.75 Å². The van der Waals surface area contributed by atoms with E-state index >= 15 is 0 Å². The average molecular weight is 240 g/mol. The first-order valence-electron chi connectivity index (χ1n) is 4.52. The third kappa shape index (κ3) is 2.91. The van der Waals surface area contributed by atoms with Crippen molar-refractivity contribution < 1.29 is 0 Å². The molecule has 2 heterocycles. The number of nitrogens with one attached hydrogen (secondary N) is 1. The molecular weight excluding hydrogens is 230 g/mol. The van der Waals surface area contributed by atoms with Crippen LogP contribution >= 0.6 is 22.9 Å². The van der Waals surface area contributed by atoms with Gasteiger partial charge in [-0.25, -0.2) is 0 Å². The van der Waals surface area contributed by atoms with Crippen LogP contribution in [0.3, 0.4) is 0 Å². The Kier molecular flexibility index (Phi) is 3.18. The number of aromatic nitrogens is 2. The Bertz CT molecular complexity index is 438. The van der Waals surface area contributed by atoms with Gasteiger partial charge in [-0.2, -0.15) is 0 Å².